The van der Waals surface area contributed by atoms with Crippen molar-refractivity contribution in [1.29, 1.82) is 0 Å². The molecule has 1 aliphatic rings. The summed E-state index contributed by atoms with van der Waals surface area (Å²) in [5, 5.41) is 6.28. The molecule has 0 bridgehead atoms. The minimum absolute atomic E-state index is 0.0654. The zero-order chi connectivity index (χ0) is 18.3. The van der Waals surface area contributed by atoms with Gasteiger partial charge in [0.2, 0.25) is 15.9 Å². The van der Waals surface area contributed by atoms with Crippen LogP contribution >= 0.6 is 0 Å². The molecule has 1 fully saturated rings. The molecule has 25 heavy (non-hydrogen) atoms. The van der Waals surface area contributed by atoms with Gasteiger partial charge < -0.3 is 15.4 Å². The highest BCUT2D eigenvalue weighted by Crippen LogP contribution is 2.15. The number of ether oxygens (including phenoxy) is 1. The summed E-state index contributed by atoms with van der Waals surface area (Å²) in [4.78, 5) is 12.2. The molecule has 0 spiro atoms. The minimum Gasteiger partial charge on any atom is -0.494 e. The topological polar surface area (TPSA) is 96.5 Å². The summed E-state index contributed by atoms with van der Waals surface area (Å²) in [7, 11) is -3.63. The predicted molar refractivity (Wildman–Crippen MR) is 96.0 cm³/mol. The fourth-order valence-electron chi connectivity index (χ4n) is 2.78. The third-order valence-corrected chi connectivity index (χ3v) is 5.67. The molecule has 2 atom stereocenters. The molecule has 3 N–H and O–H groups in total. The van der Waals surface area contributed by atoms with Crippen LogP contribution in [0.15, 0.2) is 29.2 Å². The Bertz CT molecular complexity index is 661. The SMILES string of the molecule is CCOc1ccc(S(=O)(=O)NCCC(=O)NC2CCCNC2C)cc1. The normalized spacial score (nSPS) is 20.9. The lowest BCUT2D eigenvalue weighted by Crippen LogP contribution is -2.52. The van der Waals surface area contributed by atoms with Gasteiger partial charge in [-0.2, -0.15) is 0 Å². The van der Waals surface area contributed by atoms with E-state index >= 15 is 0 Å². The zero-order valence-corrected chi connectivity index (χ0v) is 15.6. The molecule has 7 nitrogen and oxygen atoms in total. The lowest BCUT2D eigenvalue weighted by Gasteiger charge is -2.30. The van der Waals surface area contributed by atoms with E-state index in [9.17, 15) is 13.2 Å². The van der Waals surface area contributed by atoms with E-state index in [4.69, 9.17) is 4.74 Å². The number of nitrogens with one attached hydrogen (secondary N) is 3. The highest BCUT2D eigenvalue weighted by molar-refractivity contribution is 7.89. The van der Waals surface area contributed by atoms with Gasteiger partial charge in [0.1, 0.15) is 5.75 Å². The number of sulfonamides is 1. The number of amides is 1. The first-order valence-electron chi connectivity index (χ1n) is 8.67. The molecule has 0 saturated carbocycles. The first kappa shape index (κ1) is 19.7. The molecule has 8 heteroatoms. The first-order valence-corrected chi connectivity index (χ1v) is 10.2. The number of hydrogen-bond acceptors (Lipinski definition) is 5. The second-order valence-corrected chi connectivity index (χ2v) is 7.88. The van der Waals surface area contributed by atoms with Crippen LogP contribution in [0.3, 0.4) is 0 Å². The van der Waals surface area contributed by atoms with Crippen LogP contribution in [0, 0.1) is 0 Å². The van der Waals surface area contributed by atoms with Gasteiger partial charge in [-0.15, -0.1) is 0 Å². The Hall–Kier alpha value is -1.64. The average Bonchev–Trinajstić information content (AvgIpc) is 2.58. The summed E-state index contributed by atoms with van der Waals surface area (Å²) < 4.78 is 32.2. The summed E-state index contributed by atoms with van der Waals surface area (Å²) in [5.74, 6) is 0.478. The molecule has 1 saturated heterocycles. The summed E-state index contributed by atoms with van der Waals surface area (Å²) in [6.07, 6.45) is 2.08. The van der Waals surface area contributed by atoms with E-state index in [2.05, 4.69) is 15.4 Å². The van der Waals surface area contributed by atoms with Gasteiger partial charge in [0.05, 0.1) is 11.5 Å². The van der Waals surface area contributed by atoms with E-state index in [0.29, 0.717) is 12.4 Å². The Morgan fingerprint density at radius 1 is 1.32 bits per heavy atom. The number of benzene rings is 1. The molecule has 0 aromatic heterocycles. The smallest absolute Gasteiger partial charge is 0.240 e. The van der Waals surface area contributed by atoms with E-state index in [-0.39, 0.29) is 35.9 Å². The second kappa shape index (κ2) is 9.17. The Labute approximate surface area is 149 Å². The Morgan fingerprint density at radius 3 is 2.68 bits per heavy atom. The van der Waals surface area contributed by atoms with E-state index in [0.717, 1.165) is 19.4 Å². The van der Waals surface area contributed by atoms with E-state index in [1.165, 1.54) is 12.1 Å². The van der Waals surface area contributed by atoms with E-state index in [1.54, 1.807) is 12.1 Å². The largest absolute Gasteiger partial charge is 0.494 e. The molecule has 140 valence electrons. The van der Waals surface area contributed by atoms with Crippen molar-refractivity contribution in [2.45, 2.75) is 50.1 Å². The van der Waals surface area contributed by atoms with Gasteiger partial charge in [-0.05, 0) is 57.5 Å². The molecule has 1 aromatic rings. The molecular formula is C17H27N3O4S. The van der Waals surface area contributed by atoms with Crippen LogP contribution in [-0.4, -0.2) is 46.1 Å². The maximum absolute atomic E-state index is 12.2. The van der Waals surface area contributed by atoms with Crippen LogP contribution in [0.5, 0.6) is 5.75 Å². The van der Waals surface area contributed by atoms with Gasteiger partial charge >= 0.3 is 0 Å². The predicted octanol–water partition coefficient (Wildman–Crippen LogP) is 1.01. The molecule has 2 unspecified atom stereocenters. The van der Waals surface area contributed by atoms with Gasteiger partial charge in [0, 0.05) is 25.0 Å². The van der Waals surface area contributed by atoms with Crippen LogP contribution in [0.2, 0.25) is 0 Å². The minimum atomic E-state index is -3.63. The van der Waals surface area contributed by atoms with Gasteiger partial charge in [-0.25, -0.2) is 13.1 Å². The fourth-order valence-corrected chi connectivity index (χ4v) is 3.82. The molecule has 1 heterocycles. The van der Waals surface area contributed by atoms with Crippen LogP contribution in [0.4, 0.5) is 0 Å². The molecule has 1 amide bonds. The van der Waals surface area contributed by atoms with Crippen molar-refractivity contribution >= 4 is 15.9 Å². The average molecular weight is 369 g/mol. The van der Waals surface area contributed by atoms with Crippen molar-refractivity contribution in [1.82, 2.24) is 15.4 Å². The van der Waals surface area contributed by atoms with Gasteiger partial charge in [0.25, 0.3) is 0 Å². The first-order chi connectivity index (χ1) is 11.9. The lowest BCUT2D eigenvalue weighted by atomic mass is 10.00. The van der Waals surface area contributed by atoms with Crippen LogP contribution < -0.4 is 20.1 Å². The number of rotatable bonds is 8. The summed E-state index contributed by atoms with van der Waals surface area (Å²) in [5.41, 5.74) is 0. The summed E-state index contributed by atoms with van der Waals surface area (Å²) >= 11 is 0. The zero-order valence-electron chi connectivity index (χ0n) is 14.7. The molecule has 1 aromatic carbocycles. The quantitative estimate of drug-likeness (QED) is 0.635. The maximum Gasteiger partial charge on any atom is 0.240 e. The van der Waals surface area contributed by atoms with E-state index in [1.807, 2.05) is 13.8 Å². The Kier molecular flexibility index (Phi) is 7.22. The standard InChI is InChI=1S/C17H27N3O4S/c1-3-24-14-6-8-15(9-7-14)25(22,23)19-12-10-17(21)20-16-5-4-11-18-13(16)2/h6-9,13,16,18-19H,3-5,10-12H2,1-2H3,(H,20,21). The van der Waals surface area contributed by atoms with Gasteiger partial charge in [-0.1, -0.05) is 0 Å². The van der Waals surface area contributed by atoms with Crippen molar-refractivity contribution in [2.24, 2.45) is 0 Å². The molecule has 2 rings (SSSR count). The van der Waals surface area contributed by atoms with Crippen molar-refractivity contribution in [2.75, 3.05) is 19.7 Å². The van der Waals surface area contributed by atoms with Crippen molar-refractivity contribution in [3.63, 3.8) is 0 Å². The summed E-state index contributed by atoms with van der Waals surface area (Å²) in [6, 6.07) is 6.54. The molecule has 1 aliphatic heterocycles. The van der Waals surface area contributed by atoms with Crippen LogP contribution in [0.25, 0.3) is 0 Å². The molecule has 0 aliphatic carbocycles. The fraction of sp³-hybridized carbons (Fsp3) is 0.588. The third kappa shape index (κ3) is 5.98. The summed E-state index contributed by atoms with van der Waals surface area (Å²) in [6.45, 7) is 5.46. The van der Waals surface area contributed by atoms with Gasteiger partial charge in [0.15, 0.2) is 0 Å². The highest BCUT2D eigenvalue weighted by Gasteiger charge is 2.22. The second-order valence-electron chi connectivity index (χ2n) is 6.11. The van der Waals surface area contributed by atoms with Crippen LogP contribution in [-0.2, 0) is 14.8 Å². The van der Waals surface area contributed by atoms with Crippen molar-refractivity contribution in [3.8, 4) is 5.75 Å². The number of hydrogen-bond donors (Lipinski definition) is 3. The van der Waals surface area contributed by atoms with Crippen molar-refractivity contribution in [3.05, 3.63) is 24.3 Å². The third-order valence-electron chi connectivity index (χ3n) is 4.20. The number of piperidine rings is 1. The van der Waals surface area contributed by atoms with Gasteiger partial charge in [-0.3, -0.25) is 4.79 Å². The van der Waals surface area contributed by atoms with Crippen LogP contribution in [0.1, 0.15) is 33.1 Å². The lowest BCUT2D eigenvalue weighted by molar-refractivity contribution is -0.122. The number of carbonyl (C=O) groups excluding carboxylic acids is 1. The maximum atomic E-state index is 12.2. The Balaban J connectivity index is 1.80. The van der Waals surface area contributed by atoms with Crippen molar-refractivity contribution < 1.29 is 17.9 Å². The molecule has 0 radical (unpaired) electrons. The monoisotopic (exact) mass is 369 g/mol. The molecular weight excluding hydrogens is 342 g/mol. The Morgan fingerprint density at radius 2 is 2.04 bits per heavy atom. The highest BCUT2D eigenvalue weighted by atomic mass is 32.2. The van der Waals surface area contributed by atoms with E-state index < -0.39 is 10.0 Å². The number of carbonyl (C=O) groups is 1.